The number of nitrogens with two attached hydrogens (primary N) is 1. The molecule has 0 bridgehead atoms. The molecule has 0 aliphatic heterocycles. The Hall–Kier alpha value is -2.40. The van der Waals surface area contributed by atoms with Crippen molar-refractivity contribution >= 4 is 5.91 Å². The van der Waals surface area contributed by atoms with E-state index in [4.69, 9.17) is 10.5 Å². The van der Waals surface area contributed by atoms with E-state index in [1.54, 1.807) is 19.2 Å². The third-order valence-electron chi connectivity index (χ3n) is 2.89. The molecule has 5 heteroatoms. The standard InChI is InChI=1S/C15H17N3O2/c1-10-7-8-18-15(13(10)14(16)19)20-12-5-3-11(4-6-12)9-17-2/h3-8,17H,9H2,1-2H3,(H2,16,19). The van der Waals surface area contributed by atoms with Gasteiger partial charge in [0.25, 0.3) is 5.91 Å². The van der Waals surface area contributed by atoms with Crippen LogP contribution in [0.4, 0.5) is 0 Å². The number of benzene rings is 1. The molecule has 0 aliphatic carbocycles. The van der Waals surface area contributed by atoms with E-state index in [9.17, 15) is 4.79 Å². The first-order valence-corrected chi connectivity index (χ1v) is 6.28. The predicted octanol–water partition coefficient (Wildman–Crippen LogP) is 2.00. The Labute approximate surface area is 117 Å². The monoisotopic (exact) mass is 271 g/mol. The smallest absolute Gasteiger partial charge is 0.254 e. The minimum Gasteiger partial charge on any atom is -0.438 e. The van der Waals surface area contributed by atoms with Gasteiger partial charge in [-0.1, -0.05) is 12.1 Å². The fourth-order valence-corrected chi connectivity index (χ4v) is 1.90. The quantitative estimate of drug-likeness (QED) is 0.872. The number of aryl methyl sites for hydroxylation is 1. The number of nitrogens with one attached hydrogen (secondary N) is 1. The number of carbonyl (C=O) groups excluding carboxylic acids is 1. The van der Waals surface area contributed by atoms with Crippen molar-refractivity contribution in [1.82, 2.24) is 10.3 Å². The SMILES string of the molecule is CNCc1ccc(Oc2nccc(C)c2C(N)=O)cc1. The van der Waals surface area contributed by atoms with Crippen LogP contribution in [-0.4, -0.2) is 17.9 Å². The lowest BCUT2D eigenvalue weighted by Gasteiger charge is -2.10. The minimum absolute atomic E-state index is 0.235. The summed E-state index contributed by atoms with van der Waals surface area (Å²) in [6.45, 7) is 2.58. The topological polar surface area (TPSA) is 77.2 Å². The molecule has 0 fully saturated rings. The van der Waals surface area contributed by atoms with Crippen LogP contribution in [0.25, 0.3) is 0 Å². The van der Waals surface area contributed by atoms with Gasteiger partial charge in [0.2, 0.25) is 5.88 Å². The van der Waals surface area contributed by atoms with E-state index in [-0.39, 0.29) is 5.88 Å². The third kappa shape index (κ3) is 3.13. The molecule has 2 aromatic rings. The summed E-state index contributed by atoms with van der Waals surface area (Å²) >= 11 is 0. The van der Waals surface area contributed by atoms with Gasteiger partial charge in [-0.05, 0) is 43.3 Å². The lowest BCUT2D eigenvalue weighted by atomic mass is 10.1. The number of hydrogen-bond acceptors (Lipinski definition) is 4. The molecule has 0 radical (unpaired) electrons. The van der Waals surface area contributed by atoms with Crippen molar-refractivity contribution in [2.45, 2.75) is 13.5 Å². The van der Waals surface area contributed by atoms with Crippen molar-refractivity contribution in [3.63, 3.8) is 0 Å². The molecule has 0 saturated heterocycles. The van der Waals surface area contributed by atoms with E-state index in [1.807, 2.05) is 31.3 Å². The highest BCUT2D eigenvalue weighted by Crippen LogP contribution is 2.25. The lowest BCUT2D eigenvalue weighted by Crippen LogP contribution is -2.14. The molecule has 5 nitrogen and oxygen atoms in total. The Morgan fingerprint density at radius 1 is 1.30 bits per heavy atom. The Bertz CT molecular complexity index is 609. The number of amides is 1. The second kappa shape index (κ2) is 6.16. The van der Waals surface area contributed by atoms with Crippen LogP contribution in [0, 0.1) is 6.92 Å². The Kier molecular flexibility index (Phi) is 4.32. The van der Waals surface area contributed by atoms with E-state index in [1.165, 1.54) is 0 Å². The van der Waals surface area contributed by atoms with Crippen LogP contribution < -0.4 is 15.8 Å². The van der Waals surface area contributed by atoms with Crippen LogP contribution in [0.2, 0.25) is 0 Å². The van der Waals surface area contributed by atoms with E-state index < -0.39 is 5.91 Å². The third-order valence-corrected chi connectivity index (χ3v) is 2.89. The van der Waals surface area contributed by atoms with Crippen molar-refractivity contribution in [2.75, 3.05) is 7.05 Å². The van der Waals surface area contributed by atoms with Gasteiger partial charge in [0.05, 0.1) is 0 Å². The predicted molar refractivity (Wildman–Crippen MR) is 76.8 cm³/mol. The van der Waals surface area contributed by atoms with Gasteiger partial charge in [0, 0.05) is 12.7 Å². The number of pyridine rings is 1. The van der Waals surface area contributed by atoms with Gasteiger partial charge >= 0.3 is 0 Å². The van der Waals surface area contributed by atoms with Gasteiger partial charge in [0.15, 0.2) is 0 Å². The summed E-state index contributed by atoms with van der Waals surface area (Å²) in [4.78, 5) is 15.5. The largest absolute Gasteiger partial charge is 0.438 e. The maximum absolute atomic E-state index is 11.5. The van der Waals surface area contributed by atoms with Crippen LogP contribution >= 0.6 is 0 Å². The molecule has 0 unspecified atom stereocenters. The summed E-state index contributed by atoms with van der Waals surface area (Å²) in [5.74, 6) is 0.307. The van der Waals surface area contributed by atoms with Gasteiger partial charge in [-0.2, -0.15) is 0 Å². The van der Waals surface area contributed by atoms with E-state index in [2.05, 4.69) is 10.3 Å². The number of nitrogens with zero attached hydrogens (tertiary/aromatic N) is 1. The Morgan fingerprint density at radius 2 is 2.00 bits per heavy atom. The zero-order valence-corrected chi connectivity index (χ0v) is 11.5. The second-order valence-corrected chi connectivity index (χ2v) is 4.45. The summed E-state index contributed by atoms with van der Waals surface area (Å²) in [5, 5.41) is 3.07. The normalized spacial score (nSPS) is 10.3. The Balaban J connectivity index is 2.26. The second-order valence-electron chi connectivity index (χ2n) is 4.45. The molecular weight excluding hydrogens is 254 g/mol. The first-order chi connectivity index (χ1) is 9.61. The molecule has 1 aromatic carbocycles. The highest BCUT2D eigenvalue weighted by Gasteiger charge is 2.14. The van der Waals surface area contributed by atoms with Crippen molar-refractivity contribution in [3.8, 4) is 11.6 Å². The average Bonchev–Trinajstić information content (AvgIpc) is 2.41. The first-order valence-electron chi connectivity index (χ1n) is 6.28. The van der Waals surface area contributed by atoms with Gasteiger partial charge in [0.1, 0.15) is 11.3 Å². The number of hydrogen-bond donors (Lipinski definition) is 2. The summed E-state index contributed by atoms with van der Waals surface area (Å²) in [6.07, 6.45) is 1.59. The molecule has 0 spiro atoms. The number of primary amides is 1. The molecule has 2 rings (SSSR count). The van der Waals surface area contributed by atoms with E-state index in [0.717, 1.165) is 17.7 Å². The number of rotatable bonds is 5. The fraction of sp³-hybridized carbons (Fsp3) is 0.200. The number of carbonyl (C=O) groups is 1. The van der Waals surface area contributed by atoms with Gasteiger partial charge < -0.3 is 15.8 Å². The fourth-order valence-electron chi connectivity index (χ4n) is 1.90. The average molecular weight is 271 g/mol. The maximum atomic E-state index is 11.5. The molecular formula is C15H17N3O2. The van der Waals surface area contributed by atoms with Gasteiger partial charge in [-0.15, -0.1) is 0 Å². The number of ether oxygens (including phenoxy) is 1. The lowest BCUT2D eigenvalue weighted by molar-refractivity contribution is 0.0997. The van der Waals surface area contributed by atoms with Crippen LogP contribution in [0.15, 0.2) is 36.5 Å². The van der Waals surface area contributed by atoms with Crippen molar-refractivity contribution < 1.29 is 9.53 Å². The molecule has 0 saturated carbocycles. The van der Waals surface area contributed by atoms with Crippen LogP contribution in [0.5, 0.6) is 11.6 Å². The van der Waals surface area contributed by atoms with Crippen LogP contribution in [0.3, 0.4) is 0 Å². The highest BCUT2D eigenvalue weighted by atomic mass is 16.5. The zero-order chi connectivity index (χ0) is 14.5. The van der Waals surface area contributed by atoms with E-state index >= 15 is 0 Å². The zero-order valence-electron chi connectivity index (χ0n) is 11.5. The summed E-state index contributed by atoms with van der Waals surface area (Å²) in [5.41, 5.74) is 7.57. The minimum atomic E-state index is -0.544. The molecule has 0 atom stereocenters. The molecule has 0 aliphatic rings. The molecule has 104 valence electrons. The van der Waals surface area contributed by atoms with Crippen molar-refractivity contribution in [2.24, 2.45) is 5.73 Å². The highest BCUT2D eigenvalue weighted by molar-refractivity contribution is 5.96. The van der Waals surface area contributed by atoms with Crippen molar-refractivity contribution in [3.05, 3.63) is 53.2 Å². The first kappa shape index (κ1) is 14.0. The van der Waals surface area contributed by atoms with E-state index in [0.29, 0.717) is 11.3 Å². The van der Waals surface area contributed by atoms with Gasteiger partial charge in [-0.25, -0.2) is 4.98 Å². The summed E-state index contributed by atoms with van der Waals surface area (Å²) in [6, 6.07) is 9.29. The van der Waals surface area contributed by atoms with Crippen LogP contribution in [-0.2, 0) is 6.54 Å². The van der Waals surface area contributed by atoms with Crippen molar-refractivity contribution in [1.29, 1.82) is 0 Å². The summed E-state index contributed by atoms with van der Waals surface area (Å²) in [7, 11) is 1.89. The molecule has 20 heavy (non-hydrogen) atoms. The maximum Gasteiger partial charge on any atom is 0.254 e. The molecule has 1 amide bonds. The number of aromatic nitrogens is 1. The molecule has 1 aromatic heterocycles. The summed E-state index contributed by atoms with van der Waals surface area (Å²) < 4.78 is 5.65. The molecule has 3 N–H and O–H groups in total. The van der Waals surface area contributed by atoms with Crippen LogP contribution in [0.1, 0.15) is 21.5 Å². The Morgan fingerprint density at radius 3 is 2.60 bits per heavy atom. The van der Waals surface area contributed by atoms with Gasteiger partial charge in [-0.3, -0.25) is 4.79 Å². The molecule has 1 heterocycles.